The van der Waals surface area contributed by atoms with Crippen molar-refractivity contribution in [2.45, 2.75) is 50.5 Å². The van der Waals surface area contributed by atoms with Crippen molar-refractivity contribution in [3.63, 3.8) is 0 Å². The van der Waals surface area contributed by atoms with Gasteiger partial charge < -0.3 is 9.72 Å². The first-order valence-electron chi connectivity index (χ1n) is 6.43. The Morgan fingerprint density at radius 2 is 2.29 bits per heavy atom. The fourth-order valence-electron chi connectivity index (χ4n) is 2.44. The van der Waals surface area contributed by atoms with Crippen molar-refractivity contribution in [2.24, 2.45) is 0 Å². The monoisotopic (exact) mass is 234 g/mol. The van der Waals surface area contributed by atoms with Gasteiger partial charge >= 0.3 is 0 Å². The minimum Gasteiger partial charge on any atom is -0.367 e. The van der Waals surface area contributed by atoms with Crippen molar-refractivity contribution in [3.8, 4) is 0 Å². The molecule has 17 heavy (non-hydrogen) atoms. The lowest BCUT2D eigenvalue weighted by Gasteiger charge is -2.32. The predicted octanol–water partition coefficient (Wildman–Crippen LogP) is 2.06. The molecule has 0 aromatic carbocycles. The molecule has 2 fully saturated rings. The number of H-pyrrole nitrogens is 1. The number of nitrogens with one attached hydrogen (secondary N) is 1. The van der Waals surface area contributed by atoms with Crippen LogP contribution < -0.4 is 5.56 Å². The minimum absolute atomic E-state index is 0.0488. The second kappa shape index (κ2) is 3.95. The smallest absolute Gasteiger partial charge is 0.251 e. The molecule has 1 saturated heterocycles. The maximum absolute atomic E-state index is 11.7. The molecule has 1 atom stereocenters. The summed E-state index contributed by atoms with van der Waals surface area (Å²) in [4.78, 5) is 19.1. The van der Waals surface area contributed by atoms with Gasteiger partial charge in [-0.25, -0.2) is 4.98 Å². The first kappa shape index (κ1) is 11.0. The molecule has 1 aromatic rings. The van der Waals surface area contributed by atoms with E-state index < -0.39 is 5.60 Å². The molecule has 2 heterocycles. The van der Waals surface area contributed by atoms with Gasteiger partial charge in [-0.1, -0.05) is 0 Å². The molecule has 1 unspecified atom stereocenters. The molecule has 0 spiro atoms. The number of rotatable bonds is 2. The maximum Gasteiger partial charge on any atom is 0.251 e. The number of hydrogen-bond donors (Lipinski definition) is 1. The number of hydrogen-bond acceptors (Lipinski definition) is 3. The van der Waals surface area contributed by atoms with E-state index in [1.807, 2.05) is 6.92 Å². The summed E-state index contributed by atoms with van der Waals surface area (Å²) in [7, 11) is 0. The molecule has 3 rings (SSSR count). The van der Waals surface area contributed by atoms with Crippen LogP contribution in [0, 0.1) is 0 Å². The first-order valence-corrected chi connectivity index (χ1v) is 6.43. The van der Waals surface area contributed by atoms with Gasteiger partial charge in [0.2, 0.25) is 0 Å². The van der Waals surface area contributed by atoms with Gasteiger partial charge in [-0.2, -0.15) is 0 Å². The average Bonchev–Trinajstić information content (AvgIpc) is 3.13. The highest BCUT2D eigenvalue weighted by atomic mass is 16.5. The summed E-state index contributed by atoms with van der Waals surface area (Å²) in [6, 6.07) is 1.63. The Hall–Kier alpha value is -1.16. The third kappa shape index (κ3) is 2.14. The van der Waals surface area contributed by atoms with Crippen LogP contribution in [0.15, 0.2) is 10.9 Å². The van der Waals surface area contributed by atoms with Gasteiger partial charge in [-0.05, 0) is 39.0 Å². The van der Waals surface area contributed by atoms with E-state index in [2.05, 4.69) is 9.97 Å². The van der Waals surface area contributed by atoms with Crippen molar-refractivity contribution in [2.75, 3.05) is 6.61 Å². The van der Waals surface area contributed by atoms with Crippen LogP contribution in [0.4, 0.5) is 0 Å². The van der Waals surface area contributed by atoms with Crippen LogP contribution in [0.1, 0.15) is 56.5 Å². The Balaban J connectivity index is 1.98. The van der Waals surface area contributed by atoms with Crippen molar-refractivity contribution >= 4 is 0 Å². The number of aromatic nitrogens is 2. The molecule has 2 aliphatic rings. The topological polar surface area (TPSA) is 55.0 Å². The summed E-state index contributed by atoms with van der Waals surface area (Å²) >= 11 is 0. The van der Waals surface area contributed by atoms with E-state index in [0.29, 0.717) is 11.7 Å². The Kier molecular flexibility index (Phi) is 2.54. The minimum atomic E-state index is -0.400. The van der Waals surface area contributed by atoms with Crippen molar-refractivity contribution in [3.05, 3.63) is 27.9 Å². The van der Waals surface area contributed by atoms with Crippen LogP contribution in [-0.2, 0) is 10.3 Å². The van der Waals surface area contributed by atoms with Crippen LogP contribution in [0.3, 0.4) is 0 Å². The van der Waals surface area contributed by atoms with Crippen LogP contribution in [-0.4, -0.2) is 16.6 Å². The van der Waals surface area contributed by atoms with Gasteiger partial charge in [0.1, 0.15) is 11.4 Å². The highest BCUT2D eigenvalue weighted by Gasteiger charge is 2.34. The second-order valence-corrected chi connectivity index (χ2v) is 5.33. The lowest BCUT2D eigenvalue weighted by Crippen LogP contribution is -2.34. The highest BCUT2D eigenvalue weighted by molar-refractivity contribution is 5.16. The van der Waals surface area contributed by atoms with E-state index >= 15 is 0 Å². The summed E-state index contributed by atoms with van der Waals surface area (Å²) in [5.74, 6) is 1.22. The summed E-state index contributed by atoms with van der Waals surface area (Å²) in [5, 5.41) is 0. The molecule has 0 radical (unpaired) electrons. The Bertz CT molecular complexity index is 471. The normalized spacial score (nSPS) is 29.2. The molecule has 1 aromatic heterocycles. The molecule has 4 nitrogen and oxygen atoms in total. The number of nitrogens with zero attached hydrogens (tertiary/aromatic N) is 1. The zero-order valence-electron chi connectivity index (χ0n) is 10.2. The molecule has 0 amide bonds. The van der Waals surface area contributed by atoms with Gasteiger partial charge in [0.25, 0.3) is 5.56 Å². The molecule has 1 saturated carbocycles. The lowest BCUT2D eigenvalue weighted by molar-refractivity contribution is -0.0763. The molecular formula is C13H18N2O2. The van der Waals surface area contributed by atoms with E-state index in [1.165, 1.54) is 0 Å². The van der Waals surface area contributed by atoms with Crippen LogP contribution in [0.2, 0.25) is 0 Å². The Labute approximate surface area is 100 Å². The van der Waals surface area contributed by atoms with Crippen molar-refractivity contribution in [1.29, 1.82) is 0 Å². The molecule has 92 valence electrons. The van der Waals surface area contributed by atoms with Crippen LogP contribution >= 0.6 is 0 Å². The van der Waals surface area contributed by atoms with Crippen LogP contribution in [0.5, 0.6) is 0 Å². The summed E-state index contributed by atoms with van der Waals surface area (Å²) in [6.45, 7) is 2.79. The van der Waals surface area contributed by atoms with Gasteiger partial charge in [-0.3, -0.25) is 4.79 Å². The second-order valence-electron chi connectivity index (χ2n) is 5.33. The fraction of sp³-hybridized carbons (Fsp3) is 0.692. The summed E-state index contributed by atoms with van der Waals surface area (Å²) in [6.07, 6.45) is 5.49. The quantitative estimate of drug-likeness (QED) is 0.852. The van der Waals surface area contributed by atoms with Gasteiger partial charge in [-0.15, -0.1) is 0 Å². The number of aromatic amines is 1. The van der Waals surface area contributed by atoms with Gasteiger partial charge in [0, 0.05) is 18.6 Å². The largest absolute Gasteiger partial charge is 0.367 e. The molecule has 1 aliphatic carbocycles. The average molecular weight is 234 g/mol. The molecule has 0 bridgehead atoms. The molecule has 4 heteroatoms. The fourth-order valence-corrected chi connectivity index (χ4v) is 2.44. The van der Waals surface area contributed by atoms with E-state index in [0.717, 1.165) is 44.4 Å². The van der Waals surface area contributed by atoms with E-state index in [9.17, 15) is 4.79 Å². The predicted molar refractivity (Wildman–Crippen MR) is 64.0 cm³/mol. The van der Waals surface area contributed by atoms with Crippen LogP contribution in [0.25, 0.3) is 0 Å². The molecular weight excluding hydrogens is 216 g/mol. The Morgan fingerprint density at radius 1 is 1.47 bits per heavy atom. The SMILES string of the molecule is CC1(c2nc(C3CC3)cc(=O)[nH]2)CCCCO1. The van der Waals surface area contributed by atoms with E-state index in [1.54, 1.807) is 6.07 Å². The first-order chi connectivity index (χ1) is 8.17. The molecule has 1 N–H and O–H groups in total. The third-order valence-corrected chi connectivity index (χ3v) is 3.73. The summed E-state index contributed by atoms with van der Waals surface area (Å²) in [5.41, 5.74) is 0.494. The standard InChI is InChI=1S/C13H18N2O2/c1-13(6-2-3-7-17-13)12-14-10(9-4-5-9)8-11(16)15-12/h8-9H,2-7H2,1H3,(H,14,15,16). The Morgan fingerprint density at radius 3 is 2.94 bits per heavy atom. The zero-order valence-corrected chi connectivity index (χ0v) is 10.2. The van der Waals surface area contributed by atoms with Gasteiger partial charge in [0.05, 0.1) is 5.69 Å². The highest BCUT2D eigenvalue weighted by Crippen LogP contribution is 2.39. The number of ether oxygens (including phenoxy) is 1. The lowest BCUT2D eigenvalue weighted by atomic mass is 9.95. The van der Waals surface area contributed by atoms with E-state index in [-0.39, 0.29) is 5.56 Å². The molecule has 1 aliphatic heterocycles. The third-order valence-electron chi connectivity index (χ3n) is 3.73. The van der Waals surface area contributed by atoms with Gasteiger partial charge in [0.15, 0.2) is 0 Å². The zero-order chi connectivity index (χ0) is 11.9. The summed E-state index contributed by atoms with van der Waals surface area (Å²) < 4.78 is 5.83. The maximum atomic E-state index is 11.7. The van der Waals surface area contributed by atoms with Crippen molar-refractivity contribution < 1.29 is 4.74 Å². The van der Waals surface area contributed by atoms with Crippen molar-refractivity contribution in [1.82, 2.24) is 9.97 Å². The van der Waals surface area contributed by atoms with E-state index in [4.69, 9.17) is 4.74 Å².